The van der Waals surface area contributed by atoms with Crippen LogP contribution in [-0.4, -0.2) is 39.8 Å². The first-order valence-electron chi connectivity index (χ1n) is 8.90. The highest BCUT2D eigenvalue weighted by atomic mass is 16.5. The van der Waals surface area contributed by atoms with Gasteiger partial charge in [0.1, 0.15) is 0 Å². The Morgan fingerprint density at radius 1 is 0.966 bits per heavy atom. The number of ether oxygens (including phenoxy) is 4. The highest BCUT2D eigenvalue weighted by Gasteiger charge is 2.12. The van der Waals surface area contributed by atoms with E-state index in [0.717, 1.165) is 11.1 Å². The molecule has 0 fully saturated rings. The molecule has 0 atom stereocenters. The summed E-state index contributed by atoms with van der Waals surface area (Å²) in [4.78, 5) is 23.9. The molecule has 0 spiro atoms. The molecule has 0 unspecified atom stereocenters. The predicted molar refractivity (Wildman–Crippen MR) is 111 cm³/mol. The zero-order valence-electron chi connectivity index (χ0n) is 17.2. The number of nitrogens with one attached hydrogen (secondary N) is 1. The molecule has 2 rings (SSSR count). The lowest BCUT2D eigenvalue weighted by molar-refractivity contribution is -0.142. The molecule has 154 valence electrons. The lowest BCUT2D eigenvalue weighted by Crippen LogP contribution is -2.20. The minimum atomic E-state index is -0.644. The second-order valence-corrected chi connectivity index (χ2v) is 6.27. The number of aryl methyl sites for hydroxylation is 2. The van der Waals surface area contributed by atoms with Gasteiger partial charge < -0.3 is 24.3 Å². The Bertz CT molecular complexity index is 895. The molecule has 0 saturated heterocycles. The van der Waals surface area contributed by atoms with Crippen LogP contribution in [0.1, 0.15) is 16.7 Å². The van der Waals surface area contributed by atoms with E-state index >= 15 is 0 Å². The van der Waals surface area contributed by atoms with Gasteiger partial charge in [-0.3, -0.25) is 4.79 Å². The normalized spacial score (nSPS) is 10.5. The van der Waals surface area contributed by atoms with Crippen LogP contribution in [0.4, 0.5) is 5.69 Å². The molecule has 1 amide bonds. The minimum Gasteiger partial charge on any atom is -0.493 e. The zero-order valence-corrected chi connectivity index (χ0v) is 17.2. The van der Waals surface area contributed by atoms with Gasteiger partial charge in [-0.05, 0) is 49.2 Å². The van der Waals surface area contributed by atoms with Crippen LogP contribution in [-0.2, 0) is 14.3 Å². The van der Waals surface area contributed by atoms with Gasteiger partial charge in [-0.25, -0.2) is 4.79 Å². The molecule has 2 aromatic carbocycles. The smallest absolute Gasteiger partial charge is 0.331 e. The zero-order chi connectivity index (χ0) is 21.4. The van der Waals surface area contributed by atoms with Crippen LogP contribution in [0.5, 0.6) is 17.2 Å². The molecule has 7 heteroatoms. The number of anilines is 1. The van der Waals surface area contributed by atoms with Crippen LogP contribution in [0.3, 0.4) is 0 Å². The van der Waals surface area contributed by atoms with Crippen molar-refractivity contribution in [3.8, 4) is 17.2 Å². The summed E-state index contributed by atoms with van der Waals surface area (Å²) in [6.07, 6.45) is 2.76. The highest BCUT2D eigenvalue weighted by molar-refractivity contribution is 5.95. The first-order valence-corrected chi connectivity index (χ1v) is 8.90. The summed E-state index contributed by atoms with van der Waals surface area (Å²) in [5.74, 6) is 0.333. The van der Waals surface area contributed by atoms with Crippen molar-refractivity contribution in [3.63, 3.8) is 0 Å². The Morgan fingerprint density at radius 2 is 1.62 bits per heavy atom. The average Bonchev–Trinajstić information content (AvgIpc) is 2.71. The van der Waals surface area contributed by atoms with Crippen LogP contribution in [0.25, 0.3) is 6.08 Å². The van der Waals surface area contributed by atoms with E-state index in [1.54, 1.807) is 12.1 Å². The first kappa shape index (κ1) is 21.8. The number of hydrogen-bond donors (Lipinski definition) is 1. The van der Waals surface area contributed by atoms with E-state index in [-0.39, 0.29) is 6.61 Å². The van der Waals surface area contributed by atoms with Gasteiger partial charge in [-0.15, -0.1) is 0 Å². The van der Waals surface area contributed by atoms with E-state index in [0.29, 0.717) is 28.5 Å². The van der Waals surface area contributed by atoms with Gasteiger partial charge in [0.25, 0.3) is 5.91 Å². The first-order chi connectivity index (χ1) is 13.9. The van der Waals surface area contributed by atoms with Crippen molar-refractivity contribution in [2.24, 2.45) is 0 Å². The fourth-order valence-electron chi connectivity index (χ4n) is 2.69. The number of rotatable bonds is 8. The minimum absolute atomic E-state index is 0.383. The third kappa shape index (κ3) is 6.00. The molecular weight excluding hydrogens is 374 g/mol. The third-order valence-corrected chi connectivity index (χ3v) is 4.10. The molecule has 0 aliphatic carbocycles. The summed E-state index contributed by atoms with van der Waals surface area (Å²) < 4.78 is 20.8. The summed E-state index contributed by atoms with van der Waals surface area (Å²) in [5.41, 5.74) is 3.37. The Labute approximate surface area is 170 Å². The van der Waals surface area contributed by atoms with Gasteiger partial charge in [-0.1, -0.05) is 17.7 Å². The van der Waals surface area contributed by atoms with E-state index in [9.17, 15) is 9.59 Å². The molecule has 0 aliphatic heterocycles. The van der Waals surface area contributed by atoms with Crippen molar-refractivity contribution in [3.05, 3.63) is 53.1 Å². The number of carbonyl (C=O) groups is 2. The average molecular weight is 399 g/mol. The fourth-order valence-corrected chi connectivity index (χ4v) is 2.69. The molecule has 0 saturated carbocycles. The molecule has 0 heterocycles. The van der Waals surface area contributed by atoms with E-state index in [1.807, 2.05) is 32.0 Å². The SMILES string of the molecule is COc1cc(/C=C/C(=O)OCC(=O)Nc2ccc(C)cc2C)cc(OC)c1OC. The lowest BCUT2D eigenvalue weighted by Gasteiger charge is -2.12. The molecular formula is C22H25NO6. The Hall–Kier alpha value is -3.48. The standard InChI is InChI=1S/C22H25NO6/c1-14-6-8-17(15(2)10-14)23-20(24)13-29-21(25)9-7-16-11-18(26-3)22(28-5)19(12-16)27-4/h6-12H,13H2,1-5H3,(H,23,24)/b9-7+. The summed E-state index contributed by atoms with van der Waals surface area (Å²) >= 11 is 0. The second-order valence-electron chi connectivity index (χ2n) is 6.27. The summed E-state index contributed by atoms with van der Waals surface area (Å²) in [6, 6.07) is 9.06. The number of methoxy groups -OCH3 is 3. The van der Waals surface area contributed by atoms with Crippen LogP contribution < -0.4 is 19.5 Å². The number of benzene rings is 2. The van der Waals surface area contributed by atoms with Gasteiger partial charge in [0.05, 0.1) is 21.3 Å². The largest absolute Gasteiger partial charge is 0.493 e. The number of carbonyl (C=O) groups excluding carboxylic acids is 2. The van der Waals surface area contributed by atoms with Crippen molar-refractivity contribution >= 4 is 23.6 Å². The van der Waals surface area contributed by atoms with Crippen LogP contribution in [0, 0.1) is 13.8 Å². The topological polar surface area (TPSA) is 83.1 Å². The van der Waals surface area contributed by atoms with Gasteiger partial charge >= 0.3 is 5.97 Å². The van der Waals surface area contributed by atoms with Crippen molar-refractivity contribution in [1.29, 1.82) is 0 Å². The van der Waals surface area contributed by atoms with E-state index < -0.39 is 11.9 Å². The van der Waals surface area contributed by atoms with Gasteiger partial charge in [0.2, 0.25) is 5.75 Å². The molecule has 1 N–H and O–H groups in total. The van der Waals surface area contributed by atoms with Gasteiger partial charge in [0.15, 0.2) is 18.1 Å². The maximum absolute atomic E-state index is 12.0. The molecule has 29 heavy (non-hydrogen) atoms. The molecule has 7 nitrogen and oxygen atoms in total. The maximum atomic E-state index is 12.0. The van der Waals surface area contributed by atoms with Crippen LogP contribution in [0.2, 0.25) is 0 Å². The van der Waals surface area contributed by atoms with Crippen molar-refractivity contribution in [2.75, 3.05) is 33.3 Å². The highest BCUT2D eigenvalue weighted by Crippen LogP contribution is 2.38. The lowest BCUT2D eigenvalue weighted by atomic mass is 10.1. The molecule has 0 aromatic heterocycles. The summed E-state index contributed by atoms with van der Waals surface area (Å²) in [5, 5.41) is 2.72. The summed E-state index contributed by atoms with van der Waals surface area (Å²) in [7, 11) is 4.53. The van der Waals surface area contributed by atoms with Gasteiger partial charge in [-0.2, -0.15) is 0 Å². The summed E-state index contributed by atoms with van der Waals surface area (Å²) in [6.45, 7) is 3.49. The van der Waals surface area contributed by atoms with E-state index in [2.05, 4.69) is 5.32 Å². The molecule has 2 aromatic rings. The van der Waals surface area contributed by atoms with Crippen molar-refractivity contribution in [2.45, 2.75) is 13.8 Å². The van der Waals surface area contributed by atoms with E-state index in [1.165, 1.54) is 33.5 Å². The Balaban J connectivity index is 1.96. The van der Waals surface area contributed by atoms with Crippen LogP contribution in [0.15, 0.2) is 36.4 Å². The molecule has 0 radical (unpaired) electrons. The maximum Gasteiger partial charge on any atom is 0.331 e. The molecule has 0 bridgehead atoms. The van der Waals surface area contributed by atoms with Crippen molar-refractivity contribution in [1.82, 2.24) is 0 Å². The number of esters is 1. The monoisotopic (exact) mass is 399 g/mol. The third-order valence-electron chi connectivity index (χ3n) is 4.10. The Morgan fingerprint density at radius 3 is 2.17 bits per heavy atom. The fraction of sp³-hybridized carbons (Fsp3) is 0.273. The molecule has 0 aliphatic rings. The number of amides is 1. The second kappa shape index (κ2) is 10.2. The predicted octanol–water partition coefficient (Wildman–Crippen LogP) is 3.52. The number of hydrogen-bond acceptors (Lipinski definition) is 6. The van der Waals surface area contributed by atoms with Gasteiger partial charge in [0, 0.05) is 11.8 Å². The van der Waals surface area contributed by atoms with Crippen LogP contribution >= 0.6 is 0 Å². The Kier molecular flexibility index (Phi) is 7.65. The van der Waals surface area contributed by atoms with Crippen molar-refractivity contribution < 1.29 is 28.5 Å². The van der Waals surface area contributed by atoms with E-state index in [4.69, 9.17) is 18.9 Å². The quantitative estimate of drug-likeness (QED) is 0.540.